The van der Waals surface area contributed by atoms with Crippen LogP contribution in [0.5, 0.6) is 0 Å². The van der Waals surface area contributed by atoms with Crippen LogP contribution in [0.15, 0.2) is 18.5 Å². The number of carbonyl (C=O) groups is 1. The highest BCUT2D eigenvalue weighted by Gasteiger charge is 2.24. The van der Waals surface area contributed by atoms with Crippen molar-refractivity contribution in [3.8, 4) is 10.6 Å². The van der Waals surface area contributed by atoms with Crippen molar-refractivity contribution < 1.29 is 23.9 Å². The Morgan fingerprint density at radius 2 is 2.09 bits per heavy atom. The fraction of sp³-hybridized carbons (Fsp3) is 0.400. The van der Waals surface area contributed by atoms with Crippen molar-refractivity contribution in [2.45, 2.75) is 33.3 Å². The van der Waals surface area contributed by atoms with Crippen molar-refractivity contribution in [3.05, 3.63) is 30.0 Å². The number of anilines is 1. The predicted octanol–water partition coefficient (Wildman–Crippen LogP) is 3.15. The standard InChI is InChI=1S/C15H19FN3O3S/c1-9-13(18(5)14(20)22-15(2,3)4)23-12(17-9)10-6-11(16)8-19(21)7-10/h6-8,21H,1-5H3/q+1. The molecule has 2 rings (SSSR count). The Kier molecular flexibility index (Phi) is 4.56. The molecule has 6 nitrogen and oxygen atoms in total. The van der Waals surface area contributed by atoms with Crippen molar-refractivity contribution in [2.24, 2.45) is 0 Å². The first-order valence-corrected chi connectivity index (χ1v) is 7.74. The monoisotopic (exact) mass is 340 g/mol. The zero-order valence-corrected chi connectivity index (χ0v) is 14.4. The summed E-state index contributed by atoms with van der Waals surface area (Å²) in [5.41, 5.74) is 0.439. The molecule has 0 unspecified atom stereocenters. The van der Waals surface area contributed by atoms with Gasteiger partial charge >= 0.3 is 6.09 Å². The minimum atomic E-state index is -0.599. The molecular formula is C15H19FN3O3S+. The number of pyridine rings is 1. The summed E-state index contributed by atoms with van der Waals surface area (Å²) in [5.74, 6) is -0.583. The summed E-state index contributed by atoms with van der Waals surface area (Å²) < 4.78 is 19.4. The molecule has 0 aliphatic rings. The molecule has 0 bridgehead atoms. The van der Waals surface area contributed by atoms with E-state index in [-0.39, 0.29) is 0 Å². The largest absolute Gasteiger partial charge is 0.443 e. The smallest absolute Gasteiger partial charge is 0.415 e. The molecule has 23 heavy (non-hydrogen) atoms. The van der Waals surface area contributed by atoms with Gasteiger partial charge < -0.3 is 4.74 Å². The zero-order chi connectivity index (χ0) is 17.4. The van der Waals surface area contributed by atoms with Crippen LogP contribution in [-0.2, 0) is 4.74 Å². The van der Waals surface area contributed by atoms with Gasteiger partial charge in [-0.3, -0.25) is 10.1 Å². The first-order chi connectivity index (χ1) is 10.6. The number of hydrogen-bond donors (Lipinski definition) is 1. The lowest BCUT2D eigenvalue weighted by Gasteiger charge is -2.23. The molecule has 0 atom stereocenters. The predicted molar refractivity (Wildman–Crippen MR) is 84.3 cm³/mol. The fourth-order valence-corrected chi connectivity index (χ4v) is 2.88. The topological polar surface area (TPSA) is 66.5 Å². The van der Waals surface area contributed by atoms with Gasteiger partial charge in [0, 0.05) is 11.8 Å². The second-order valence-corrected chi connectivity index (χ2v) is 7.05. The minimum Gasteiger partial charge on any atom is -0.443 e. The van der Waals surface area contributed by atoms with Crippen molar-refractivity contribution in [1.82, 2.24) is 4.98 Å². The van der Waals surface area contributed by atoms with Gasteiger partial charge in [0.05, 0.1) is 11.3 Å². The summed E-state index contributed by atoms with van der Waals surface area (Å²) >= 11 is 1.22. The van der Waals surface area contributed by atoms with Crippen molar-refractivity contribution >= 4 is 22.4 Å². The molecular weight excluding hydrogens is 321 g/mol. The maximum absolute atomic E-state index is 13.4. The Hall–Kier alpha value is -2.22. The highest BCUT2D eigenvalue weighted by molar-refractivity contribution is 7.19. The SMILES string of the molecule is Cc1nc(-c2cc(F)c[n+](O)c2)sc1N(C)C(=O)OC(C)(C)C. The summed E-state index contributed by atoms with van der Waals surface area (Å²) in [7, 11) is 1.59. The van der Waals surface area contributed by atoms with Crippen molar-refractivity contribution in [3.63, 3.8) is 0 Å². The molecule has 1 amide bonds. The van der Waals surface area contributed by atoms with E-state index in [1.165, 1.54) is 28.5 Å². The van der Waals surface area contributed by atoms with Gasteiger partial charge in [0.15, 0.2) is 5.82 Å². The second kappa shape index (κ2) is 6.11. The van der Waals surface area contributed by atoms with Crippen LogP contribution in [0.1, 0.15) is 26.5 Å². The molecule has 0 radical (unpaired) electrons. The highest BCUT2D eigenvalue weighted by Crippen LogP contribution is 2.34. The van der Waals surface area contributed by atoms with E-state index in [4.69, 9.17) is 4.74 Å². The lowest BCUT2D eigenvalue weighted by Crippen LogP contribution is -2.34. The lowest BCUT2D eigenvalue weighted by molar-refractivity contribution is -0.905. The number of amides is 1. The van der Waals surface area contributed by atoms with Crippen molar-refractivity contribution in [2.75, 3.05) is 11.9 Å². The van der Waals surface area contributed by atoms with E-state index in [2.05, 4.69) is 4.98 Å². The van der Waals surface area contributed by atoms with E-state index >= 15 is 0 Å². The van der Waals surface area contributed by atoms with Gasteiger partial charge in [-0.2, -0.15) is 0 Å². The molecule has 0 aliphatic carbocycles. The highest BCUT2D eigenvalue weighted by atomic mass is 32.1. The average molecular weight is 340 g/mol. The molecule has 2 aromatic rings. The average Bonchev–Trinajstić information content (AvgIpc) is 2.77. The fourth-order valence-electron chi connectivity index (χ4n) is 1.88. The first kappa shape index (κ1) is 17.1. The second-order valence-electron chi connectivity index (χ2n) is 6.07. The Balaban J connectivity index is 2.32. The van der Waals surface area contributed by atoms with E-state index in [9.17, 15) is 14.4 Å². The van der Waals surface area contributed by atoms with Crippen LogP contribution >= 0.6 is 11.3 Å². The van der Waals surface area contributed by atoms with Gasteiger partial charge in [-0.15, -0.1) is 0 Å². The molecule has 0 aliphatic heterocycles. The summed E-state index contributed by atoms with van der Waals surface area (Å²) in [5, 5.41) is 10.5. The lowest BCUT2D eigenvalue weighted by atomic mass is 10.2. The maximum atomic E-state index is 13.4. The number of hydrogen-bond acceptors (Lipinski definition) is 5. The van der Waals surface area contributed by atoms with Gasteiger partial charge in [-0.25, -0.2) is 14.2 Å². The number of thiazole rings is 1. The molecule has 0 spiro atoms. The molecule has 0 fully saturated rings. The summed E-state index contributed by atoms with van der Waals surface area (Å²) in [6.07, 6.45) is 1.79. The first-order valence-electron chi connectivity index (χ1n) is 6.92. The van der Waals surface area contributed by atoms with E-state index in [0.717, 1.165) is 6.20 Å². The number of rotatable bonds is 2. The van der Waals surface area contributed by atoms with Crippen LogP contribution in [0.4, 0.5) is 14.2 Å². The molecule has 1 N–H and O–H groups in total. The van der Waals surface area contributed by atoms with Gasteiger partial charge in [0.25, 0.3) is 6.20 Å². The van der Waals surface area contributed by atoms with Gasteiger partial charge in [0.2, 0.25) is 6.20 Å². The summed E-state index contributed by atoms with van der Waals surface area (Å²) in [6.45, 7) is 7.12. The van der Waals surface area contributed by atoms with Crippen LogP contribution < -0.4 is 9.63 Å². The Morgan fingerprint density at radius 1 is 1.43 bits per heavy atom. The number of aromatic nitrogens is 2. The van der Waals surface area contributed by atoms with E-state index < -0.39 is 17.5 Å². The third-order valence-electron chi connectivity index (χ3n) is 2.81. The van der Waals surface area contributed by atoms with Gasteiger partial charge in [0.1, 0.15) is 15.6 Å². The molecule has 0 aromatic carbocycles. The third kappa shape index (κ3) is 4.16. The van der Waals surface area contributed by atoms with Crippen molar-refractivity contribution in [1.29, 1.82) is 0 Å². The number of nitrogens with zero attached hydrogens (tertiary/aromatic N) is 3. The normalized spacial score (nSPS) is 11.4. The Morgan fingerprint density at radius 3 is 2.65 bits per heavy atom. The Bertz CT molecular complexity index is 720. The number of halogens is 1. The van der Waals surface area contributed by atoms with Crippen LogP contribution in [-0.4, -0.2) is 28.9 Å². The zero-order valence-electron chi connectivity index (χ0n) is 13.6. The summed E-state index contributed by atoms with van der Waals surface area (Å²) in [4.78, 5) is 17.9. The molecule has 0 saturated carbocycles. The third-order valence-corrected chi connectivity index (χ3v) is 4.09. The molecule has 124 valence electrons. The van der Waals surface area contributed by atoms with Crippen LogP contribution in [0.25, 0.3) is 10.6 Å². The van der Waals surface area contributed by atoms with E-state index in [1.807, 2.05) is 0 Å². The quantitative estimate of drug-likeness (QED) is 0.674. The van der Waals surface area contributed by atoms with Crippen LogP contribution in [0, 0.1) is 12.7 Å². The minimum absolute atomic E-state index is 0.421. The van der Waals surface area contributed by atoms with Gasteiger partial charge in [-0.1, -0.05) is 11.3 Å². The molecule has 0 saturated heterocycles. The number of carbonyl (C=O) groups excluding carboxylic acids is 1. The Labute approximate surface area is 137 Å². The number of aryl methyl sites for hydroxylation is 1. The van der Waals surface area contributed by atoms with E-state index in [1.54, 1.807) is 34.7 Å². The van der Waals surface area contributed by atoms with Crippen LogP contribution in [0.2, 0.25) is 0 Å². The van der Waals surface area contributed by atoms with Gasteiger partial charge in [-0.05, 0) is 33.8 Å². The molecule has 8 heteroatoms. The maximum Gasteiger partial charge on any atom is 0.415 e. The van der Waals surface area contributed by atoms with E-state index in [0.29, 0.717) is 26.0 Å². The molecule has 2 aromatic heterocycles. The summed E-state index contributed by atoms with van der Waals surface area (Å²) in [6, 6.07) is 1.27. The number of ether oxygens (including phenoxy) is 1. The van der Waals surface area contributed by atoms with Crippen LogP contribution in [0.3, 0.4) is 0 Å². The molecule has 2 heterocycles.